The van der Waals surface area contributed by atoms with Crippen molar-refractivity contribution in [1.82, 2.24) is 10.6 Å². The summed E-state index contributed by atoms with van der Waals surface area (Å²) in [5, 5.41) is 5.99. The molecule has 0 heterocycles. The smallest absolute Gasteiger partial charge is 0.312 e. The van der Waals surface area contributed by atoms with Crippen LogP contribution in [0.3, 0.4) is 0 Å². The van der Waals surface area contributed by atoms with E-state index < -0.39 is 6.03 Å². The van der Waals surface area contributed by atoms with Crippen LogP contribution >= 0.6 is 0 Å². The summed E-state index contributed by atoms with van der Waals surface area (Å²) in [5.41, 5.74) is 7.68. The number of nitrogens with one attached hydrogen (secondary N) is 2. The molecule has 0 saturated heterocycles. The minimum absolute atomic E-state index is 0.338. The number of aryl methyl sites for hydroxylation is 1. The van der Waals surface area contributed by atoms with E-state index in [2.05, 4.69) is 22.8 Å². The molecule has 4 N–H and O–H groups in total. The Morgan fingerprint density at radius 3 is 3.06 bits per heavy atom. The van der Waals surface area contributed by atoms with Crippen molar-refractivity contribution >= 4 is 6.03 Å². The second kappa shape index (κ2) is 5.73. The normalized spacial score (nSPS) is 17.3. The molecular weight excluding hydrogens is 230 g/mol. The lowest BCUT2D eigenvalue weighted by atomic mass is 10.1. The standard InChI is InChI=1S/C13H19N3O2/c1-18-10-4-2-9-3-5-12(11(9)8-10)15-6-7-16-13(14)17/h2,4,8,12,15H,3,5-7H2,1H3,(H3,14,16,17). The number of benzene rings is 1. The van der Waals surface area contributed by atoms with Gasteiger partial charge in [0.1, 0.15) is 5.75 Å². The molecule has 2 amide bonds. The van der Waals surface area contributed by atoms with Gasteiger partial charge >= 0.3 is 6.03 Å². The monoisotopic (exact) mass is 249 g/mol. The SMILES string of the molecule is COc1ccc2c(c1)C(NCCNC(N)=O)CC2. The van der Waals surface area contributed by atoms with Gasteiger partial charge in [0.25, 0.3) is 0 Å². The van der Waals surface area contributed by atoms with E-state index in [0.717, 1.165) is 18.6 Å². The molecule has 1 aromatic rings. The lowest BCUT2D eigenvalue weighted by Crippen LogP contribution is -2.36. The Labute approximate surface area is 107 Å². The Morgan fingerprint density at radius 1 is 1.50 bits per heavy atom. The molecule has 1 unspecified atom stereocenters. The number of fused-ring (bicyclic) bond motifs is 1. The summed E-state index contributed by atoms with van der Waals surface area (Å²) in [7, 11) is 1.68. The van der Waals surface area contributed by atoms with Crippen molar-refractivity contribution in [3.63, 3.8) is 0 Å². The molecular formula is C13H19N3O2. The van der Waals surface area contributed by atoms with Crippen molar-refractivity contribution in [2.75, 3.05) is 20.2 Å². The Bertz CT molecular complexity index is 434. The third-order valence-corrected chi connectivity index (χ3v) is 3.25. The average molecular weight is 249 g/mol. The highest BCUT2D eigenvalue weighted by molar-refractivity contribution is 5.71. The van der Waals surface area contributed by atoms with Crippen molar-refractivity contribution in [3.8, 4) is 5.75 Å². The fraction of sp³-hybridized carbons (Fsp3) is 0.462. The van der Waals surface area contributed by atoms with Gasteiger partial charge in [-0.05, 0) is 36.1 Å². The van der Waals surface area contributed by atoms with Crippen molar-refractivity contribution in [2.24, 2.45) is 5.73 Å². The molecule has 1 aliphatic rings. The van der Waals surface area contributed by atoms with Crippen LogP contribution in [0.4, 0.5) is 4.79 Å². The van der Waals surface area contributed by atoms with E-state index in [-0.39, 0.29) is 0 Å². The van der Waals surface area contributed by atoms with E-state index in [9.17, 15) is 4.79 Å². The Balaban J connectivity index is 1.91. The maximum atomic E-state index is 10.5. The number of urea groups is 1. The molecule has 0 saturated carbocycles. The van der Waals surface area contributed by atoms with Gasteiger partial charge < -0.3 is 21.1 Å². The van der Waals surface area contributed by atoms with Gasteiger partial charge in [-0.3, -0.25) is 0 Å². The fourth-order valence-electron chi connectivity index (χ4n) is 2.35. The first-order valence-electron chi connectivity index (χ1n) is 6.14. The van der Waals surface area contributed by atoms with Gasteiger partial charge in [0, 0.05) is 19.1 Å². The number of hydrogen-bond acceptors (Lipinski definition) is 3. The highest BCUT2D eigenvalue weighted by atomic mass is 16.5. The van der Waals surface area contributed by atoms with Gasteiger partial charge in [-0.25, -0.2) is 4.79 Å². The number of primary amides is 1. The van der Waals surface area contributed by atoms with Crippen LogP contribution in [-0.4, -0.2) is 26.2 Å². The van der Waals surface area contributed by atoms with E-state index in [4.69, 9.17) is 10.5 Å². The molecule has 1 aromatic carbocycles. The van der Waals surface area contributed by atoms with Gasteiger partial charge in [-0.2, -0.15) is 0 Å². The van der Waals surface area contributed by atoms with Gasteiger partial charge in [-0.1, -0.05) is 6.07 Å². The Morgan fingerprint density at radius 2 is 2.33 bits per heavy atom. The summed E-state index contributed by atoms with van der Waals surface area (Å²) in [4.78, 5) is 10.5. The number of carbonyl (C=O) groups is 1. The molecule has 0 spiro atoms. The molecule has 0 bridgehead atoms. The molecule has 0 aliphatic heterocycles. The zero-order chi connectivity index (χ0) is 13.0. The number of ether oxygens (including phenoxy) is 1. The molecule has 5 heteroatoms. The second-order valence-corrected chi connectivity index (χ2v) is 4.40. The van der Waals surface area contributed by atoms with E-state index in [0.29, 0.717) is 19.1 Å². The lowest BCUT2D eigenvalue weighted by molar-refractivity contribution is 0.249. The van der Waals surface area contributed by atoms with E-state index >= 15 is 0 Å². The van der Waals surface area contributed by atoms with Gasteiger partial charge in [0.2, 0.25) is 0 Å². The maximum Gasteiger partial charge on any atom is 0.312 e. The van der Waals surface area contributed by atoms with E-state index in [1.165, 1.54) is 11.1 Å². The van der Waals surface area contributed by atoms with Crippen LogP contribution in [0.1, 0.15) is 23.6 Å². The van der Waals surface area contributed by atoms with Crippen molar-refractivity contribution in [1.29, 1.82) is 0 Å². The number of carbonyl (C=O) groups excluding carboxylic acids is 1. The van der Waals surface area contributed by atoms with Crippen LogP contribution in [0.15, 0.2) is 18.2 Å². The zero-order valence-corrected chi connectivity index (χ0v) is 10.5. The molecule has 98 valence electrons. The Kier molecular flexibility index (Phi) is 4.04. The molecule has 0 aromatic heterocycles. The van der Waals surface area contributed by atoms with Crippen molar-refractivity contribution < 1.29 is 9.53 Å². The van der Waals surface area contributed by atoms with Gasteiger partial charge in [0.05, 0.1) is 7.11 Å². The quantitative estimate of drug-likeness (QED) is 0.680. The number of rotatable bonds is 5. The second-order valence-electron chi connectivity index (χ2n) is 4.40. The van der Waals surface area contributed by atoms with Crippen LogP contribution in [-0.2, 0) is 6.42 Å². The van der Waals surface area contributed by atoms with Gasteiger partial charge in [-0.15, -0.1) is 0 Å². The highest BCUT2D eigenvalue weighted by Gasteiger charge is 2.22. The first-order valence-corrected chi connectivity index (χ1v) is 6.14. The zero-order valence-electron chi connectivity index (χ0n) is 10.5. The topological polar surface area (TPSA) is 76.4 Å². The summed E-state index contributed by atoms with van der Waals surface area (Å²) < 4.78 is 5.24. The number of methoxy groups -OCH3 is 1. The van der Waals surface area contributed by atoms with Crippen LogP contribution in [0.25, 0.3) is 0 Å². The minimum atomic E-state index is -0.481. The first kappa shape index (κ1) is 12.7. The molecule has 0 radical (unpaired) electrons. The van der Waals surface area contributed by atoms with E-state index in [1.807, 2.05) is 6.07 Å². The average Bonchev–Trinajstić information content (AvgIpc) is 2.76. The molecule has 18 heavy (non-hydrogen) atoms. The number of amides is 2. The lowest BCUT2D eigenvalue weighted by Gasteiger charge is -2.14. The Hall–Kier alpha value is -1.75. The molecule has 5 nitrogen and oxygen atoms in total. The third-order valence-electron chi connectivity index (χ3n) is 3.25. The molecule has 1 aliphatic carbocycles. The molecule has 0 fully saturated rings. The summed E-state index contributed by atoms with van der Waals surface area (Å²) in [6.07, 6.45) is 2.17. The van der Waals surface area contributed by atoms with Crippen LogP contribution in [0.2, 0.25) is 0 Å². The predicted octanol–water partition coefficient (Wildman–Crippen LogP) is 0.940. The highest BCUT2D eigenvalue weighted by Crippen LogP contribution is 2.33. The van der Waals surface area contributed by atoms with Crippen LogP contribution < -0.4 is 21.1 Å². The number of nitrogens with two attached hydrogens (primary N) is 1. The molecule has 2 rings (SSSR count). The predicted molar refractivity (Wildman–Crippen MR) is 69.6 cm³/mol. The molecule has 1 atom stereocenters. The summed E-state index contributed by atoms with van der Waals surface area (Å²) in [5.74, 6) is 0.887. The van der Waals surface area contributed by atoms with Crippen LogP contribution in [0.5, 0.6) is 5.75 Å². The maximum absolute atomic E-state index is 10.5. The van der Waals surface area contributed by atoms with Crippen molar-refractivity contribution in [3.05, 3.63) is 29.3 Å². The van der Waals surface area contributed by atoms with Gasteiger partial charge in [0.15, 0.2) is 0 Å². The largest absolute Gasteiger partial charge is 0.497 e. The minimum Gasteiger partial charge on any atom is -0.497 e. The van der Waals surface area contributed by atoms with Crippen LogP contribution in [0, 0.1) is 0 Å². The number of hydrogen-bond donors (Lipinski definition) is 3. The van der Waals surface area contributed by atoms with E-state index in [1.54, 1.807) is 7.11 Å². The fourth-order valence-corrected chi connectivity index (χ4v) is 2.35. The summed E-state index contributed by atoms with van der Waals surface area (Å²) >= 11 is 0. The third kappa shape index (κ3) is 2.92. The summed E-state index contributed by atoms with van der Waals surface area (Å²) in [6, 6.07) is 6.06. The summed E-state index contributed by atoms with van der Waals surface area (Å²) in [6.45, 7) is 1.26. The van der Waals surface area contributed by atoms with Crippen molar-refractivity contribution in [2.45, 2.75) is 18.9 Å². The first-order chi connectivity index (χ1) is 8.70.